The van der Waals surface area contributed by atoms with Gasteiger partial charge in [-0.1, -0.05) is 63.9 Å². The normalized spacial score (nSPS) is 23.8. The molecule has 2 aromatic carbocycles. The van der Waals surface area contributed by atoms with Crippen molar-refractivity contribution in [2.24, 2.45) is 5.41 Å². The van der Waals surface area contributed by atoms with Gasteiger partial charge in [0.2, 0.25) is 11.7 Å². The fraction of sp³-hybridized carbons (Fsp3) is 0.355. The molecular weight excluding hydrogens is 549 g/mol. The molecule has 0 atom stereocenters. The zero-order valence-corrected chi connectivity index (χ0v) is 23.5. The highest BCUT2D eigenvalue weighted by molar-refractivity contribution is 6.39. The molecule has 2 aromatic heterocycles. The zero-order chi connectivity index (χ0) is 27.5. The number of allylic oxidation sites excluding steroid dienone is 1. The van der Waals surface area contributed by atoms with Crippen LogP contribution in [0.1, 0.15) is 78.4 Å². The molecular formula is C31H27Cl2N3O4. The van der Waals surface area contributed by atoms with Crippen LogP contribution in [0.4, 0.5) is 0 Å². The van der Waals surface area contributed by atoms with Gasteiger partial charge in [0.25, 0.3) is 0 Å². The predicted octanol–water partition coefficient (Wildman–Crippen LogP) is 8.28. The Balaban J connectivity index is 1.15. The maximum absolute atomic E-state index is 11.8. The number of benzene rings is 2. The van der Waals surface area contributed by atoms with E-state index >= 15 is 0 Å². The van der Waals surface area contributed by atoms with E-state index in [1.165, 1.54) is 7.11 Å². The number of hydrogen-bond donors (Lipinski definition) is 0. The molecule has 2 heterocycles. The minimum absolute atomic E-state index is 0.0381. The van der Waals surface area contributed by atoms with Crippen LogP contribution in [0.25, 0.3) is 28.7 Å². The number of methoxy groups -OCH3 is 1. The van der Waals surface area contributed by atoms with E-state index in [2.05, 4.69) is 22.5 Å². The molecule has 0 spiro atoms. The highest BCUT2D eigenvalue weighted by atomic mass is 35.5. The number of hydrogen-bond acceptors (Lipinski definition) is 7. The van der Waals surface area contributed by atoms with Gasteiger partial charge in [0.1, 0.15) is 11.5 Å². The lowest BCUT2D eigenvalue weighted by atomic mass is 9.81. The first kappa shape index (κ1) is 25.5. The number of aromatic nitrogens is 3. The highest BCUT2D eigenvalue weighted by Crippen LogP contribution is 2.63. The fourth-order valence-electron chi connectivity index (χ4n) is 6.47. The van der Waals surface area contributed by atoms with Crippen molar-refractivity contribution in [3.63, 3.8) is 0 Å². The van der Waals surface area contributed by atoms with E-state index in [9.17, 15) is 4.79 Å². The smallest absolute Gasteiger partial charge is 0.337 e. The maximum atomic E-state index is 11.8. The monoisotopic (exact) mass is 575 g/mol. The molecule has 3 fully saturated rings. The third-order valence-corrected chi connectivity index (χ3v) is 9.47. The van der Waals surface area contributed by atoms with Gasteiger partial charge in [-0.05, 0) is 74.6 Å². The molecule has 0 aliphatic heterocycles. The number of fused-ring (bicyclic) bond motifs is 2. The Morgan fingerprint density at radius 2 is 1.73 bits per heavy atom. The van der Waals surface area contributed by atoms with Crippen LogP contribution in [-0.2, 0) is 10.2 Å². The fourth-order valence-corrected chi connectivity index (χ4v) is 7.05. The molecule has 204 valence electrons. The van der Waals surface area contributed by atoms with E-state index in [4.69, 9.17) is 42.0 Å². The average Bonchev–Trinajstić information content (AvgIpc) is 3.32. The van der Waals surface area contributed by atoms with Gasteiger partial charge in [0, 0.05) is 22.6 Å². The Bertz CT molecular complexity index is 1610. The van der Waals surface area contributed by atoms with Crippen LogP contribution in [0.3, 0.4) is 0 Å². The number of nitrogens with zero attached hydrogens (tertiary/aromatic N) is 3. The van der Waals surface area contributed by atoms with Gasteiger partial charge >= 0.3 is 5.97 Å². The third-order valence-electron chi connectivity index (χ3n) is 8.84. The standard InChI is InChI=1S/C31H27Cl2N3O4/c1-38-28(37)20-9-7-19(8-10-20)27-34-29(40-36-27)31-15-13-30(17-31,14-16-31)12-11-21-25(35-39-26(21)18-5-6-18)24-22(32)3-2-4-23(24)33/h2-4,7-12,18H,5-6,13-17H2,1H3. The summed E-state index contributed by atoms with van der Waals surface area (Å²) in [6.45, 7) is 0. The molecule has 7 nitrogen and oxygen atoms in total. The Kier molecular flexibility index (Phi) is 6.13. The second-order valence-corrected chi connectivity index (χ2v) is 12.1. The average molecular weight is 576 g/mol. The Labute approximate surface area is 241 Å². The molecule has 0 unspecified atom stereocenters. The quantitative estimate of drug-likeness (QED) is 0.205. The molecule has 3 aliphatic carbocycles. The summed E-state index contributed by atoms with van der Waals surface area (Å²) < 4.78 is 16.5. The van der Waals surface area contributed by atoms with E-state index in [1.54, 1.807) is 12.1 Å². The van der Waals surface area contributed by atoms with Gasteiger partial charge in [-0.25, -0.2) is 4.79 Å². The molecule has 7 rings (SSSR count). The van der Waals surface area contributed by atoms with Crippen molar-refractivity contribution in [3.05, 3.63) is 81.4 Å². The van der Waals surface area contributed by atoms with E-state index < -0.39 is 0 Å². The Hall–Kier alpha value is -3.42. The van der Waals surface area contributed by atoms with Gasteiger partial charge < -0.3 is 13.8 Å². The summed E-state index contributed by atoms with van der Waals surface area (Å²) in [5.74, 6) is 2.16. The summed E-state index contributed by atoms with van der Waals surface area (Å²) in [5, 5.41) is 9.83. The van der Waals surface area contributed by atoms with Crippen LogP contribution in [-0.4, -0.2) is 28.4 Å². The predicted molar refractivity (Wildman–Crippen MR) is 151 cm³/mol. The number of carbonyl (C=O) groups excluding carboxylic acids is 1. The molecule has 40 heavy (non-hydrogen) atoms. The van der Waals surface area contributed by atoms with Crippen molar-refractivity contribution in [2.75, 3.05) is 7.11 Å². The summed E-state index contributed by atoms with van der Waals surface area (Å²) >= 11 is 13.1. The van der Waals surface area contributed by atoms with Crippen molar-refractivity contribution in [3.8, 4) is 22.6 Å². The minimum atomic E-state index is -0.377. The molecule has 3 aliphatic rings. The number of ether oxygens (including phenoxy) is 1. The topological polar surface area (TPSA) is 91.2 Å². The summed E-state index contributed by atoms with van der Waals surface area (Å²) in [6, 6.07) is 12.5. The van der Waals surface area contributed by atoms with Crippen LogP contribution in [0.15, 0.2) is 57.6 Å². The zero-order valence-electron chi connectivity index (χ0n) is 22.0. The molecule has 3 saturated carbocycles. The maximum Gasteiger partial charge on any atom is 0.337 e. The van der Waals surface area contributed by atoms with Crippen LogP contribution in [0.2, 0.25) is 10.0 Å². The Morgan fingerprint density at radius 3 is 2.40 bits per heavy atom. The van der Waals surface area contributed by atoms with E-state index in [-0.39, 0.29) is 16.8 Å². The van der Waals surface area contributed by atoms with Crippen molar-refractivity contribution in [2.45, 2.75) is 56.3 Å². The molecule has 0 N–H and O–H groups in total. The van der Waals surface area contributed by atoms with Crippen molar-refractivity contribution >= 4 is 35.2 Å². The number of halogens is 2. The molecule has 4 aromatic rings. The number of esters is 1. The molecule has 0 amide bonds. The lowest BCUT2D eigenvalue weighted by Crippen LogP contribution is -2.19. The number of rotatable bonds is 7. The number of carbonyl (C=O) groups is 1. The van der Waals surface area contributed by atoms with Crippen LogP contribution < -0.4 is 0 Å². The summed E-state index contributed by atoms with van der Waals surface area (Å²) in [7, 11) is 1.37. The van der Waals surface area contributed by atoms with Crippen LogP contribution in [0.5, 0.6) is 0 Å². The van der Waals surface area contributed by atoms with Gasteiger partial charge in [-0.3, -0.25) is 0 Å². The minimum Gasteiger partial charge on any atom is -0.465 e. The van der Waals surface area contributed by atoms with E-state index in [0.29, 0.717) is 44.5 Å². The van der Waals surface area contributed by atoms with Crippen LogP contribution in [0, 0.1) is 5.41 Å². The van der Waals surface area contributed by atoms with Crippen molar-refractivity contribution in [1.29, 1.82) is 0 Å². The first-order valence-corrected chi connectivity index (χ1v) is 14.3. The summed E-state index contributed by atoms with van der Waals surface area (Å²) in [6.07, 6.45) is 11.7. The molecule has 2 bridgehead atoms. The van der Waals surface area contributed by atoms with Gasteiger partial charge in [0.05, 0.1) is 28.1 Å². The van der Waals surface area contributed by atoms with Gasteiger partial charge in [-0.2, -0.15) is 4.98 Å². The molecule has 0 radical (unpaired) electrons. The first-order chi connectivity index (χ1) is 19.4. The van der Waals surface area contributed by atoms with Crippen LogP contribution >= 0.6 is 23.2 Å². The van der Waals surface area contributed by atoms with E-state index in [0.717, 1.165) is 61.8 Å². The summed E-state index contributed by atoms with van der Waals surface area (Å²) in [4.78, 5) is 16.6. The van der Waals surface area contributed by atoms with Gasteiger partial charge in [-0.15, -0.1) is 0 Å². The lowest BCUT2D eigenvalue weighted by Gasteiger charge is -2.23. The second-order valence-electron chi connectivity index (χ2n) is 11.3. The second kappa shape index (κ2) is 9.60. The summed E-state index contributed by atoms with van der Waals surface area (Å²) in [5.41, 5.74) is 3.57. The van der Waals surface area contributed by atoms with Gasteiger partial charge in [0.15, 0.2) is 0 Å². The largest absolute Gasteiger partial charge is 0.465 e. The Morgan fingerprint density at radius 1 is 1.00 bits per heavy atom. The molecule has 9 heteroatoms. The molecule has 0 saturated heterocycles. The lowest BCUT2D eigenvalue weighted by molar-refractivity contribution is 0.0600. The van der Waals surface area contributed by atoms with Crippen molar-refractivity contribution in [1.82, 2.24) is 15.3 Å². The third kappa shape index (κ3) is 4.27. The SMILES string of the molecule is COC(=O)c1ccc(-c2noc(C34CCC(C=Cc5c(-c6c(Cl)cccc6Cl)noc5C5CC5)(CC3)C4)n2)cc1. The first-order valence-electron chi connectivity index (χ1n) is 13.6. The highest BCUT2D eigenvalue weighted by Gasteiger charge is 2.56. The van der Waals surface area contributed by atoms with Crippen molar-refractivity contribution < 1.29 is 18.6 Å². The van der Waals surface area contributed by atoms with E-state index in [1.807, 2.05) is 30.3 Å².